The third-order valence-corrected chi connectivity index (χ3v) is 9.14. The molecule has 2 heterocycles. The average molecular weight is 554 g/mol. The molecule has 2 saturated carbocycles. The molecule has 3 aliphatic rings. The van der Waals surface area contributed by atoms with E-state index >= 15 is 0 Å². The number of methoxy groups -OCH3 is 1. The molecule has 1 aromatic heterocycles. The summed E-state index contributed by atoms with van der Waals surface area (Å²) >= 11 is 0. The van der Waals surface area contributed by atoms with Gasteiger partial charge in [-0.1, -0.05) is 18.6 Å². The predicted octanol–water partition coefficient (Wildman–Crippen LogP) is 5.54. The number of ether oxygens (including phenoxy) is 1. The fraction of sp³-hybridized carbons (Fsp3) is 0.500. The Hall–Kier alpha value is -3.24. The Balaban J connectivity index is 1.33. The van der Waals surface area contributed by atoms with E-state index in [2.05, 4.69) is 15.5 Å². The van der Waals surface area contributed by atoms with E-state index in [1.807, 2.05) is 36.7 Å². The Morgan fingerprint density at radius 2 is 1.98 bits per heavy atom. The van der Waals surface area contributed by atoms with Crippen LogP contribution in [0.3, 0.4) is 0 Å². The first-order valence-electron chi connectivity index (χ1n) is 13.9. The summed E-state index contributed by atoms with van der Waals surface area (Å²) in [6.45, 7) is 2.50. The van der Waals surface area contributed by atoms with Crippen molar-refractivity contribution in [2.75, 3.05) is 18.6 Å². The number of hydrogen-bond acceptors (Lipinski definition) is 5. The molecule has 3 aromatic rings. The summed E-state index contributed by atoms with van der Waals surface area (Å²) in [6.07, 6.45) is 2.04. The van der Waals surface area contributed by atoms with Gasteiger partial charge < -0.3 is 19.5 Å². The zero-order chi connectivity index (χ0) is 28.2. The number of nitrogens with zero attached hydrogens (tertiary/aromatic N) is 4. The van der Waals surface area contributed by atoms with E-state index in [4.69, 9.17) is 4.74 Å². The smallest absolute Gasteiger partial charge is 0.381 e. The summed E-state index contributed by atoms with van der Waals surface area (Å²) in [5.74, 6) is 0.950. The van der Waals surface area contributed by atoms with Crippen molar-refractivity contribution < 1.29 is 22.7 Å². The topological polar surface area (TPSA) is 72.3 Å². The molecule has 1 atom stereocenters. The highest BCUT2D eigenvalue weighted by Crippen LogP contribution is 2.50. The fourth-order valence-corrected chi connectivity index (χ4v) is 6.42. The largest absolute Gasteiger partial charge is 0.416 e. The molecule has 212 valence electrons. The van der Waals surface area contributed by atoms with E-state index in [1.165, 1.54) is 17.4 Å². The number of anilines is 1. The van der Waals surface area contributed by atoms with Gasteiger partial charge in [0.25, 0.3) is 5.91 Å². The lowest BCUT2D eigenvalue weighted by atomic mass is 9.62. The first-order chi connectivity index (χ1) is 19.1. The van der Waals surface area contributed by atoms with Crippen molar-refractivity contribution in [2.45, 2.75) is 69.3 Å². The molecule has 2 aliphatic carbocycles. The van der Waals surface area contributed by atoms with Gasteiger partial charge in [-0.15, -0.1) is 10.2 Å². The molecule has 1 aliphatic heterocycles. The summed E-state index contributed by atoms with van der Waals surface area (Å²) in [5, 5.41) is 11.8. The van der Waals surface area contributed by atoms with Crippen LogP contribution in [0, 0.1) is 5.92 Å². The van der Waals surface area contributed by atoms with Crippen molar-refractivity contribution in [3.05, 3.63) is 76.4 Å². The molecule has 6 rings (SSSR count). The summed E-state index contributed by atoms with van der Waals surface area (Å²) in [7, 11) is 3.57. The van der Waals surface area contributed by atoms with Gasteiger partial charge in [0, 0.05) is 31.5 Å². The average Bonchev–Trinajstić information content (AvgIpc) is 3.45. The lowest BCUT2D eigenvalue weighted by Crippen LogP contribution is -2.48. The first kappa shape index (κ1) is 27.0. The Morgan fingerprint density at radius 3 is 2.60 bits per heavy atom. The highest BCUT2D eigenvalue weighted by molar-refractivity contribution is 6.10. The van der Waals surface area contributed by atoms with Crippen LogP contribution >= 0.6 is 0 Å². The van der Waals surface area contributed by atoms with Crippen LogP contribution in [0.4, 0.5) is 18.9 Å². The molecule has 1 amide bonds. The lowest BCUT2D eigenvalue weighted by molar-refractivity contribution is -0.138. The van der Waals surface area contributed by atoms with Gasteiger partial charge in [0.1, 0.15) is 12.2 Å². The third-order valence-electron chi connectivity index (χ3n) is 9.14. The number of carbonyl (C=O) groups excluding carboxylic acids is 1. The Morgan fingerprint density at radius 1 is 1.20 bits per heavy atom. The number of halogens is 3. The predicted molar refractivity (Wildman–Crippen MR) is 144 cm³/mol. The molecular weight excluding hydrogens is 519 g/mol. The normalized spacial score (nSPS) is 23.6. The molecule has 1 N–H and O–H groups in total. The molecular formula is C30H34F3N5O2. The number of carbonyl (C=O) groups is 1. The summed E-state index contributed by atoms with van der Waals surface area (Å²) in [6, 6.07) is 10.1. The highest BCUT2D eigenvalue weighted by Gasteiger charge is 2.50. The van der Waals surface area contributed by atoms with E-state index < -0.39 is 23.1 Å². The number of alkyl halides is 3. The van der Waals surface area contributed by atoms with Crippen molar-refractivity contribution in [2.24, 2.45) is 13.0 Å². The molecule has 7 nitrogen and oxygen atoms in total. The van der Waals surface area contributed by atoms with Gasteiger partial charge in [-0.3, -0.25) is 4.79 Å². The molecule has 2 aromatic carbocycles. The summed E-state index contributed by atoms with van der Waals surface area (Å²) in [4.78, 5) is 15.1. The van der Waals surface area contributed by atoms with Crippen LogP contribution in [0.25, 0.3) is 0 Å². The minimum Gasteiger partial charge on any atom is -0.381 e. The zero-order valence-electron chi connectivity index (χ0n) is 23.0. The number of aryl methyl sites for hydroxylation is 1. The van der Waals surface area contributed by atoms with Crippen LogP contribution in [0.15, 0.2) is 42.7 Å². The Labute approximate surface area is 231 Å². The first-order valence-corrected chi connectivity index (χ1v) is 13.9. The number of nitrogens with one attached hydrogen (secondary N) is 1. The third kappa shape index (κ3) is 4.51. The van der Waals surface area contributed by atoms with Crippen molar-refractivity contribution in [3.63, 3.8) is 0 Å². The molecule has 2 fully saturated rings. The van der Waals surface area contributed by atoms with Crippen LogP contribution in [-0.4, -0.2) is 40.4 Å². The number of aromatic nitrogens is 3. The lowest BCUT2D eigenvalue weighted by Gasteiger charge is -2.46. The standard InChI is InChI=1S/C30H34F3N5O2/c1-18(34-15-19-6-4-7-19)20-10-24-25(26(11-20)30(31,32)33)16-38(27(24)39)22-9-5-8-21(12-22)29(13-23(14-29)40-3)28-36-35-17-37(28)2/h5,8-12,17-19,23,34H,4,6-7,13-16H2,1-3H3/t18-,23?,29?/m1/s1. The molecule has 0 spiro atoms. The van der Waals surface area contributed by atoms with Gasteiger partial charge in [0.15, 0.2) is 0 Å². The van der Waals surface area contributed by atoms with Crippen molar-refractivity contribution >= 4 is 11.6 Å². The van der Waals surface area contributed by atoms with Crippen LogP contribution in [-0.2, 0) is 29.9 Å². The van der Waals surface area contributed by atoms with Gasteiger partial charge in [0.05, 0.1) is 23.6 Å². The number of rotatable bonds is 8. The minimum absolute atomic E-state index is 0.0314. The highest BCUT2D eigenvalue weighted by atomic mass is 19.4. The van der Waals surface area contributed by atoms with Crippen molar-refractivity contribution in [1.82, 2.24) is 20.1 Å². The number of amides is 1. The van der Waals surface area contributed by atoms with E-state index in [-0.39, 0.29) is 29.8 Å². The second-order valence-electron chi connectivity index (χ2n) is 11.6. The van der Waals surface area contributed by atoms with Crippen LogP contribution in [0.2, 0.25) is 0 Å². The van der Waals surface area contributed by atoms with Gasteiger partial charge in [-0.2, -0.15) is 13.2 Å². The van der Waals surface area contributed by atoms with Gasteiger partial charge in [0.2, 0.25) is 0 Å². The van der Waals surface area contributed by atoms with E-state index in [0.717, 1.165) is 30.8 Å². The molecule has 40 heavy (non-hydrogen) atoms. The fourth-order valence-electron chi connectivity index (χ4n) is 6.42. The maximum absolute atomic E-state index is 14.3. The van der Waals surface area contributed by atoms with Gasteiger partial charge in [-0.25, -0.2) is 0 Å². The number of fused-ring (bicyclic) bond motifs is 1. The molecule has 10 heteroatoms. The molecule has 0 unspecified atom stereocenters. The Kier molecular flexibility index (Phi) is 6.73. The molecule has 0 bridgehead atoms. The number of hydrogen-bond donors (Lipinski definition) is 1. The van der Waals surface area contributed by atoms with Crippen molar-refractivity contribution in [1.29, 1.82) is 0 Å². The molecule has 0 radical (unpaired) electrons. The zero-order valence-corrected chi connectivity index (χ0v) is 23.0. The second kappa shape index (κ2) is 9.99. The van der Waals surface area contributed by atoms with Gasteiger partial charge in [-0.05, 0) is 86.0 Å². The van der Waals surface area contributed by atoms with Crippen LogP contribution < -0.4 is 10.2 Å². The number of benzene rings is 2. The van der Waals surface area contributed by atoms with E-state index in [9.17, 15) is 18.0 Å². The maximum Gasteiger partial charge on any atom is 0.416 e. The second-order valence-corrected chi connectivity index (χ2v) is 11.6. The van der Waals surface area contributed by atoms with Crippen molar-refractivity contribution in [3.8, 4) is 0 Å². The monoisotopic (exact) mass is 553 g/mol. The van der Waals surface area contributed by atoms with Crippen LogP contribution in [0.1, 0.15) is 83.5 Å². The van der Waals surface area contributed by atoms with Gasteiger partial charge >= 0.3 is 6.18 Å². The summed E-state index contributed by atoms with van der Waals surface area (Å²) in [5.41, 5.74) is 0.944. The quantitative estimate of drug-likeness (QED) is 0.397. The van der Waals surface area contributed by atoms with Crippen LogP contribution in [0.5, 0.6) is 0 Å². The SMILES string of the molecule is COC1CC(c2cccc(N3Cc4c(cc([C@@H](C)NCC5CCC5)cc4C(F)(F)F)C3=O)c2)(c2nncn2C)C1. The molecule has 0 saturated heterocycles. The Bertz CT molecular complexity index is 1420. The van der Waals surface area contributed by atoms with E-state index in [1.54, 1.807) is 25.6 Å². The van der Waals surface area contributed by atoms with E-state index in [0.29, 0.717) is 30.0 Å². The maximum atomic E-state index is 14.3. The minimum atomic E-state index is -4.57. The summed E-state index contributed by atoms with van der Waals surface area (Å²) < 4.78 is 50.3.